The molecule has 1 aromatic rings. The Bertz CT molecular complexity index is 490. The minimum absolute atomic E-state index is 0.133. The summed E-state index contributed by atoms with van der Waals surface area (Å²) in [4.78, 5) is 13.5. The Kier molecular flexibility index (Phi) is 3.21. The molecule has 1 aromatic heterocycles. The molecule has 6 nitrogen and oxygen atoms in total. The van der Waals surface area contributed by atoms with E-state index in [0.717, 1.165) is 12.8 Å². The molecule has 94 valence electrons. The molecule has 1 heterocycles. The number of carboxylic acid groups (broad SMARTS) is 1. The molecule has 0 bridgehead atoms. The van der Waals surface area contributed by atoms with E-state index in [2.05, 4.69) is 9.71 Å². The summed E-state index contributed by atoms with van der Waals surface area (Å²) >= 11 is 0. The van der Waals surface area contributed by atoms with Gasteiger partial charge in [0, 0.05) is 18.4 Å². The van der Waals surface area contributed by atoms with Gasteiger partial charge >= 0.3 is 5.97 Å². The van der Waals surface area contributed by atoms with E-state index in [4.69, 9.17) is 5.11 Å². The third-order valence-electron chi connectivity index (χ3n) is 2.77. The topological polar surface area (TPSA) is 99.3 Å². The third kappa shape index (κ3) is 3.07. The number of hydrogen-bond donors (Lipinski definition) is 3. The fourth-order valence-corrected chi connectivity index (χ4v) is 3.02. The minimum Gasteiger partial charge on any atom is -0.481 e. The monoisotopic (exact) mass is 258 g/mol. The standard InChI is InChI=1S/C10H14N2O4S/c13-10(14)5-9(7-1-2-7)12-17(15,16)8-3-4-11-6-8/h3-4,6-7,9,11-12H,1-2,5H2,(H,13,14). The molecule has 1 unspecified atom stereocenters. The highest BCUT2D eigenvalue weighted by atomic mass is 32.2. The maximum absolute atomic E-state index is 11.9. The summed E-state index contributed by atoms with van der Waals surface area (Å²) in [7, 11) is -3.61. The van der Waals surface area contributed by atoms with E-state index in [-0.39, 0.29) is 17.2 Å². The van der Waals surface area contributed by atoms with Crippen LogP contribution in [0.5, 0.6) is 0 Å². The minimum atomic E-state index is -3.61. The van der Waals surface area contributed by atoms with Gasteiger partial charge in [-0.1, -0.05) is 0 Å². The predicted octanol–water partition coefficient (Wildman–Crippen LogP) is 0.546. The van der Waals surface area contributed by atoms with Gasteiger partial charge in [-0.2, -0.15) is 0 Å². The summed E-state index contributed by atoms with van der Waals surface area (Å²) in [6.07, 6.45) is 4.47. The zero-order valence-electron chi connectivity index (χ0n) is 9.09. The van der Waals surface area contributed by atoms with Gasteiger partial charge in [-0.05, 0) is 24.8 Å². The normalized spacial score (nSPS) is 17.9. The molecule has 0 radical (unpaired) electrons. The maximum Gasteiger partial charge on any atom is 0.304 e. The van der Waals surface area contributed by atoms with Gasteiger partial charge in [0.25, 0.3) is 0 Å². The number of aliphatic carboxylic acids is 1. The molecule has 0 aromatic carbocycles. The highest BCUT2D eigenvalue weighted by molar-refractivity contribution is 7.89. The van der Waals surface area contributed by atoms with E-state index < -0.39 is 22.0 Å². The average molecular weight is 258 g/mol. The number of rotatable bonds is 6. The van der Waals surface area contributed by atoms with Crippen LogP contribution in [0, 0.1) is 5.92 Å². The van der Waals surface area contributed by atoms with Gasteiger partial charge in [0.15, 0.2) is 0 Å². The summed E-state index contributed by atoms with van der Waals surface area (Å²) < 4.78 is 26.2. The van der Waals surface area contributed by atoms with Gasteiger partial charge in [-0.25, -0.2) is 13.1 Å². The number of nitrogens with one attached hydrogen (secondary N) is 2. The van der Waals surface area contributed by atoms with Crippen LogP contribution in [0.2, 0.25) is 0 Å². The molecule has 1 fully saturated rings. The van der Waals surface area contributed by atoms with Crippen LogP contribution >= 0.6 is 0 Å². The van der Waals surface area contributed by atoms with Crippen LogP contribution in [0.15, 0.2) is 23.4 Å². The SMILES string of the molecule is O=C(O)CC(NS(=O)(=O)c1cc[nH]c1)C1CC1. The summed E-state index contributed by atoms with van der Waals surface area (Å²) in [5, 5.41) is 8.75. The highest BCUT2D eigenvalue weighted by Gasteiger charge is 2.35. The lowest BCUT2D eigenvalue weighted by Crippen LogP contribution is -2.37. The number of carbonyl (C=O) groups is 1. The molecular weight excluding hydrogens is 244 g/mol. The Morgan fingerprint density at radius 2 is 2.29 bits per heavy atom. The second-order valence-corrected chi connectivity index (χ2v) is 5.92. The van der Waals surface area contributed by atoms with Gasteiger partial charge in [0.05, 0.1) is 11.3 Å². The van der Waals surface area contributed by atoms with Crippen molar-refractivity contribution >= 4 is 16.0 Å². The van der Waals surface area contributed by atoms with E-state index in [1.165, 1.54) is 18.5 Å². The number of aromatic nitrogens is 1. The van der Waals surface area contributed by atoms with Crippen LogP contribution in [-0.2, 0) is 14.8 Å². The van der Waals surface area contributed by atoms with E-state index in [1.807, 2.05) is 0 Å². The zero-order valence-corrected chi connectivity index (χ0v) is 9.90. The zero-order chi connectivity index (χ0) is 12.5. The smallest absolute Gasteiger partial charge is 0.304 e. The van der Waals surface area contributed by atoms with Crippen LogP contribution in [0.3, 0.4) is 0 Å². The number of H-pyrrole nitrogens is 1. The van der Waals surface area contributed by atoms with Crippen molar-refractivity contribution in [2.45, 2.75) is 30.2 Å². The first kappa shape index (κ1) is 12.1. The third-order valence-corrected chi connectivity index (χ3v) is 4.26. The van der Waals surface area contributed by atoms with Crippen molar-refractivity contribution in [3.63, 3.8) is 0 Å². The van der Waals surface area contributed by atoms with E-state index in [0.29, 0.717) is 0 Å². The van der Waals surface area contributed by atoms with E-state index >= 15 is 0 Å². The summed E-state index contributed by atoms with van der Waals surface area (Å²) in [6, 6.07) is 0.931. The molecule has 3 N–H and O–H groups in total. The van der Waals surface area contributed by atoms with Gasteiger partial charge in [-0.15, -0.1) is 0 Å². The van der Waals surface area contributed by atoms with Crippen molar-refractivity contribution in [2.75, 3.05) is 0 Å². The van der Waals surface area contributed by atoms with Crippen molar-refractivity contribution in [3.8, 4) is 0 Å². The lowest BCUT2D eigenvalue weighted by atomic mass is 10.1. The number of sulfonamides is 1. The first-order valence-electron chi connectivity index (χ1n) is 5.36. The van der Waals surface area contributed by atoms with E-state index in [1.54, 1.807) is 0 Å². The van der Waals surface area contributed by atoms with Crippen LogP contribution in [-0.4, -0.2) is 30.5 Å². The van der Waals surface area contributed by atoms with Crippen molar-refractivity contribution in [1.82, 2.24) is 9.71 Å². The summed E-state index contributed by atoms with van der Waals surface area (Å²) in [6.45, 7) is 0. The molecular formula is C10H14N2O4S. The first-order chi connectivity index (χ1) is 7.99. The number of aromatic amines is 1. The molecule has 17 heavy (non-hydrogen) atoms. The van der Waals surface area contributed by atoms with Crippen molar-refractivity contribution in [3.05, 3.63) is 18.5 Å². The molecule has 0 spiro atoms. The average Bonchev–Trinajstić information content (AvgIpc) is 2.90. The molecule has 0 aliphatic heterocycles. The summed E-state index contributed by atoms with van der Waals surface area (Å²) in [5.41, 5.74) is 0. The molecule has 0 amide bonds. The van der Waals surface area contributed by atoms with E-state index in [9.17, 15) is 13.2 Å². The highest BCUT2D eigenvalue weighted by Crippen LogP contribution is 2.34. The molecule has 1 atom stereocenters. The van der Waals surface area contributed by atoms with Crippen molar-refractivity contribution in [1.29, 1.82) is 0 Å². The quantitative estimate of drug-likeness (QED) is 0.693. The Labute approximate surface area is 99.1 Å². The maximum atomic E-state index is 11.9. The molecule has 1 aliphatic carbocycles. The van der Waals surface area contributed by atoms with Crippen LogP contribution in [0.25, 0.3) is 0 Å². The lowest BCUT2D eigenvalue weighted by Gasteiger charge is -2.15. The Balaban J connectivity index is 2.09. The Morgan fingerprint density at radius 1 is 1.59 bits per heavy atom. The van der Waals surface area contributed by atoms with Gasteiger partial charge < -0.3 is 10.1 Å². The fraction of sp³-hybridized carbons (Fsp3) is 0.500. The fourth-order valence-electron chi connectivity index (χ4n) is 1.73. The molecule has 7 heteroatoms. The van der Waals surface area contributed by atoms with Crippen molar-refractivity contribution < 1.29 is 18.3 Å². The van der Waals surface area contributed by atoms with Gasteiger partial charge in [-0.3, -0.25) is 4.79 Å². The largest absolute Gasteiger partial charge is 0.481 e. The molecule has 0 saturated heterocycles. The Morgan fingerprint density at radius 3 is 2.76 bits per heavy atom. The van der Waals surface area contributed by atoms with Crippen LogP contribution in [0.4, 0.5) is 0 Å². The molecule has 1 saturated carbocycles. The van der Waals surface area contributed by atoms with Gasteiger partial charge in [0.2, 0.25) is 10.0 Å². The second kappa shape index (κ2) is 4.50. The molecule has 1 aliphatic rings. The van der Waals surface area contributed by atoms with Crippen LogP contribution in [0.1, 0.15) is 19.3 Å². The predicted molar refractivity (Wildman–Crippen MR) is 59.9 cm³/mol. The lowest BCUT2D eigenvalue weighted by molar-refractivity contribution is -0.137. The van der Waals surface area contributed by atoms with Gasteiger partial charge in [0.1, 0.15) is 0 Å². The number of hydrogen-bond acceptors (Lipinski definition) is 3. The number of carboxylic acids is 1. The summed E-state index contributed by atoms with van der Waals surface area (Å²) in [5.74, 6) is -0.835. The Hall–Kier alpha value is -1.34. The first-order valence-corrected chi connectivity index (χ1v) is 6.84. The molecule has 2 rings (SSSR count). The second-order valence-electron chi connectivity index (χ2n) is 4.21. The van der Waals surface area contributed by atoms with Crippen LogP contribution < -0.4 is 4.72 Å². The van der Waals surface area contributed by atoms with Crippen molar-refractivity contribution in [2.24, 2.45) is 5.92 Å².